The third-order valence-corrected chi connectivity index (χ3v) is 2.80. The fourth-order valence-corrected chi connectivity index (χ4v) is 2.22. The standard InChI is InChI=1S/C13H23NO4/c1-6-17-10(15)13(7-9(2)8-13)14-11(16)18-12(3,4)5/h9H,6-8H2,1-5H3,(H,14,16). The molecule has 1 fully saturated rings. The lowest BCUT2D eigenvalue weighted by molar-refractivity contribution is -0.157. The first kappa shape index (κ1) is 14.8. The molecule has 0 heterocycles. The summed E-state index contributed by atoms with van der Waals surface area (Å²) in [5.41, 5.74) is -1.47. The summed E-state index contributed by atoms with van der Waals surface area (Å²) in [4.78, 5) is 23.6. The maximum absolute atomic E-state index is 11.9. The van der Waals surface area contributed by atoms with E-state index >= 15 is 0 Å². The minimum absolute atomic E-state index is 0.310. The summed E-state index contributed by atoms with van der Waals surface area (Å²) in [6.45, 7) is 9.45. The molecule has 0 unspecified atom stereocenters. The molecular formula is C13H23NO4. The van der Waals surface area contributed by atoms with Gasteiger partial charge in [0.25, 0.3) is 0 Å². The Balaban J connectivity index is 2.64. The molecule has 1 amide bonds. The summed E-state index contributed by atoms with van der Waals surface area (Å²) >= 11 is 0. The Morgan fingerprint density at radius 3 is 2.28 bits per heavy atom. The fraction of sp³-hybridized carbons (Fsp3) is 0.846. The van der Waals surface area contributed by atoms with Crippen molar-refractivity contribution in [2.45, 2.75) is 58.6 Å². The molecule has 0 radical (unpaired) electrons. The lowest BCUT2D eigenvalue weighted by atomic mass is 9.69. The van der Waals surface area contributed by atoms with Crippen molar-refractivity contribution >= 4 is 12.1 Å². The lowest BCUT2D eigenvalue weighted by Crippen LogP contribution is -2.63. The average molecular weight is 257 g/mol. The molecule has 1 aliphatic carbocycles. The smallest absolute Gasteiger partial charge is 0.408 e. The molecule has 0 aromatic heterocycles. The number of carbonyl (C=O) groups excluding carboxylic acids is 2. The van der Waals surface area contributed by atoms with Crippen LogP contribution in [0.2, 0.25) is 0 Å². The van der Waals surface area contributed by atoms with E-state index in [1.807, 2.05) is 6.92 Å². The second-order valence-corrected chi connectivity index (χ2v) is 5.94. The Kier molecular flexibility index (Phi) is 4.24. The molecule has 104 valence electrons. The second kappa shape index (κ2) is 5.16. The molecule has 0 bridgehead atoms. The number of alkyl carbamates (subject to hydrolysis) is 1. The van der Waals surface area contributed by atoms with Gasteiger partial charge < -0.3 is 14.8 Å². The van der Waals surface area contributed by atoms with Gasteiger partial charge in [-0.05, 0) is 46.5 Å². The van der Waals surface area contributed by atoms with Crippen LogP contribution in [-0.4, -0.2) is 29.8 Å². The Morgan fingerprint density at radius 1 is 1.33 bits per heavy atom. The maximum Gasteiger partial charge on any atom is 0.408 e. The molecule has 0 aliphatic heterocycles. The van der Waals surface area contributed by atoms with Crippen molar-refractivity contribution in [2.24, 2.45) is 5.92 Å². The van der Waals surface area contributed by atoms with E-state index in [0.717, 1.165) is 0 Å². The third-order valence-electron chi connectivity index (χ3n) is 2.80. The topological polar surface area (TPSA) is 64.6 Å². The van der Waals surface area contributed by atoms with Gasteiger partial charge >= 0.3 is 12.1 Å². The maximum atomic E-state index is 11.9. The van der Waals surface area contributed by atoms with Crippen LogP contribution in [0.25, 0.3) is 0 Å². The van der Waals surface area contributed by atoms with E-state index in [9.17, 15) is 9.59 Å². The Morgan fingerprint density at radius 2 is 1.89 bits per heavy atom. The summed E-state index contributed by atoms with van der Waals surface area (Å²) in [6, 6.07) is 0. The zero-order valence-electron chi connectivity index (χ0n) is 11.8. The van der Waals surface area contributed by atoms with Crippen molar-refractivity contribution < 1.29 is 19.1 Å². The van der Waals surface area contributed by atoms with Crippen LogP contribution in [0.5, 0.6) is 0 Å². The highest BCUT2D eigenvalue weighted by molar-refractivity contribution is 5.87. The van der Waals surface area contributed by atoms with E-state index < -0.39 is 17.2 Å². The number of carbonyl (C=O) groups is 2. The third kappa shape index (κ3) is 3.62. The van der Waals surface area contributed by atoms with Crippen LogP contribution >= 0.6 is 0 Å². The van der Waals surface area contributed by atoms with Crippen LogP contribution in [0, 0.1) is 5.92 Å². The highest BCUT2D eigenvalue weighted by Gasteiger charge is 2.51. The molecule has 1 N–H and O–H groups in total. The highest BCUT2D eigenvalue weighted by Crippen LogP contribution is 2.38. The molecule has 0 aromatic rings. The van der Waals surface area contributed by atoms with Crippen molar-refractivity contribution in [1.29, 1.82) is 0 Å². The summed E-state index contributed by atoms with van der Waals surface area (Å²) in [7, 11) is 0. The van der Waals surface area contributed by atoms with Crippen LogP contribution in [-0.2, 0) is 14.3 Å². The molecule has 0 spiro atoms. The van der Waals surface area contributed by atoms with Crippen molar-refractivity contribution in [3.05, 3.63) is 0 Å². The van der Waals surface area contributed by atoms with Crippen LogP contribution in [0.15, 0.2) is 0 Å². The molecule has 5 nitrogen and oxygen atoms in total. The normalized spacial score (nSPS) is 27.1. The van der Waals surface area contributed by atoms with E-state index in [-0.39, 0.29) is 5.97 Å². The van der Waals surface area contributed by atoms with E-state index in [2.05, 4.69) is 5.32 Å². The molecule has 0 saturated heterocycles. The van der Waals surface area contributed by atoms with Crippen LogP contribution in [0.1, 0.15) is 47.5 Å². The zero-order valence-corrected chi connectivity index (χ0v) is 11.8. The van der Waals surface area contributed by atoms with Gasteiger partial charge in [-0.15, -0.1) is 0 Å². The largest absolute Gasteiger partial charge is 0.464 e. The molecular weight excluding hydrogens is 234 g/mol. The predicted molar refractivity (Wildman–Crippen MR) is 67.1 cm³/mol. The molecule has 0 atom stereocenters. The molecule has 1 saturated carbocycles. The van der Waals surface area contributed by atoms with Crippen LogP contribution in [0.4, 0.5) is 4.79 Å². The quantitative estimate of drug-likeness (QED) is 0.787. The number of esters is 1. The van der Waals surface area contributed by atoms with Crippen molar-refractivity contribution in [3.8, 4) is 0 Å². The number of rotatable bonds is 3. The van der Waals surface area contributed by atoms with Gasteiger partial charge in [-0.25, -0.2) is 9.59 Å². The Hall–Kier alpha value is -1.26. The SMILES string of the molecule is CCOC(=O)C1(NC(=O)OC(C)(C)C)CC(C)C1. The van der Waals surface area contributed by atoms with Gasteiger partial charge in [-0.1, -0.05) is 6.92 Å². The monoisotopic (exact) mass is 257 g/mol. The highest BCUT2D eigenvalue weighted by atomic mass is 16.6. The number of nitrogens with one attached hydrogen (secondary N) is 1. The van der Waals surface area contributed by atoms with Crippen molar-refractivity contribution in [3.63, 3.8) is 0 Å². The van der Waals surface area contributed by atoms with Gasteiger partial charge in [0.2, 0.25) is 0 Å². The molecule has 5 heteroatoms. The van der Waals surface area contributed by atoms with E-state index in [0.29, 0.717) is 25.4 Å². The number of hydrogen-bond donors (Lipinski definition) is 1. The number of amides is 1. The molecule has 0 aromatic carbocycles. The number of hydrogen-bond acceptors (Lipinski definition) is 4. The predicted octanol–water partition coefficient (Wildman–Crippen LogP) is 2.24. The first-order valence-corrected chi connectivity index (χ1v) is 6.37. The average Bonchev–Trinajstić information content (AvgIpc) is 2.11. The minimum atomic E-state index is -0.891. The summed E-state index contributed by atoms with van der Waals surface area (Å²) in [6.07, 6.45) is 0.637. The Labute approximate surface area is 108 Å². The Bertz CT molecular complexity index is 326. The van der Waals surface area contributed by atoms with Crippen molar-refractivity contribution in [1.82, 2.24) is 5.32 Å². The first-order valence-electron chi connectivity index (χ1n) is 6.37. The van der Waals surface area contributed by atoms with Gasteiger partial charge in [0.05, 0.1) is 6.61 Å². The van der Waals surface area contributed by atoms with Gasteiger partial charge in [0.15, 0.2) is 0 Å². The molecule has 1 aliphatic rings. The first-order chi connectivity index (χ1) is 8.18. The summed E-state index contributed by atoms with van der Waals surface area (Å²) in [5.74, 6) is 0.0401. The van der Waals surface area contributed by atoms with Crippen molar-refractivity contribution in [2.75, 3.05) is 6.61 Å². The van der Waals surface area contributed by atoms with Gasteiger partial charge in [0.1, 0.15) is 11.1 Å². The van der Waals surface area contributed by atoms with Crippen LogP contribution < -0.4 is 5.32 Å². The fourth-order valence-electron chi connectivity index (χ4n) is 2.22. The van der Waals surface area contributed by atoms with Gasteiger partial charge in [-0.3, -0.25) is 0 Å². The van der Waals surface area contributed by atoms with Crippen LogP contribution in [0.3, 0.4) is 0 Å². The summed E-state index contributed by atoms with van der Waals surface area (Å²) < 4.78 is 10.2. The minimum Gasteiger partial charge on any atom is -0.464 e. The molecule has 1 rings (SSSR count). The molecule has 18 heavy (non-hydrogen) atoms. The lowest BCUT2D eigenvalue weighted by Gasteiger charge is -2.44. The van der Waals surface area contributed by atoms with Gasteiger partial charge in [0, 0.05) is 0 Å². The van der Waals surface area contributed by atoms with E-state index in [1.54, 1.807) is 27.7 Å². The van der Waals surface area contributed by atoms with E-state index in [4.69, 9.17) is 9.47 Å². The number of ether oxygens (including phenoxy) is 2. The van der Waals surface area contributed by atoms with E-state index in [1.165, 1.54) is 0 Å². The van der Waals surface area contributed by atoms with Gasteiger partial charge in [-0.2, -0.15) is 0 Å². The zero-order chi connectivity index (χ0) is 14.0. The second-order valence-electron chi connectivity index (χ2n) is 5.94. The summed E-state index contributed by atoms with van der Waals surface area (Å²) in [5, 5.41) is 2.67.